The second kappa shape index (κ2) is 4.47. The fraction of sp³-hybridized carbons (Fsp3) is 0.600. The zero-order valence-corrected chi connectivity index (χ0v) is 10.9. The van der Waals surface area contributed by atoms with Crippen molar-refractivity contribution in [3.8, 4) is 11.5 Å². The standard InChI is InChI=1S/C15H21NO2/c1-15(6-2-3-7-15)14(16)11-4-5-12-13(10-11)18-9-8-17-12/h4-5,10,14H,2-3,6-9,16H2,1H3. The van der Waals surface area contributed by atoms with Crippen LogP contribution in [0.1, 0.15) is 44.2 Å². The van der Waals surface area contributed by atoms with Gasteiger partial charge in [-0.25, -0.2) is 0 Å². The van der Waals surface area contributed by atoms with Gasteiger partial charge in [-0.3, -0.25) is 0 Å². The molecule has 0 spiro atoms. The Bertz CT molecular complexity index is 438. The van der Waals surface area contributed by atoms with Gasteiger partial charge in [-0.15, -0.1) is 0 Å². The maximum atomic E-state index is 6.47. The van der Waals surface area contributed by atoms with E-state index in [1.165, 1.54) is 31.2 Å². The maximum Gasteiger partial charge on any atom is 0.161 e. The van der Waals surface area contributed by atoms with E-state index in [4.69, 9.17) is 15.2 Å². The summed E-state index contributed by atoms with van der Waals surface area (Å²) in [4.78, 5) is 0. The number of hydrogen-bond acceptors (Lipinski definition) is 3. The SMILES string of the molecule is CC1(C(N)c2ccc3c(c2)OCCO3)CCCC1. The molecule has 1 aliphatic heterocycles. The summed E-state index contributed by atoms with van der Waals surface area (Å²) in [5, 5.41) is 0. The second-order valence-corrected chi connectivity index (χ2v) is 5.74. The second-order valence-electron chi connectivity index (χ2n) is 5.74. The Balaban J connectivity index is 1.87. The summed E-state index contributed by atoms with van der Waals surface area (Å²) in [5.74, 6) is 1.68. The van der Waals surface area contributed by atoms with Gasteiger partial charge in [0.25, 0.3) is 0 Å². The first-order chi connectivity index (χ1) is 8.69. The van der Waals surface area contributed by atoms with Gasteiger partial charge in [0.2, 0.25) is 0 Å². The molecule has 2 aliphatic rings. The first-order valence-corrected chi connectivity index (χ1v) is 6.84. The van der Waals surface area contributed by atoms with Gasteiger partial charge in [0.15, 0.2) is 11.5 Å². The molecule has 0 radical (unpaired) electrons. The summed E-state index contributed by atoms with van der Waals surface area (Å²) >= 11 is 0. The molecular formula is C15H21NO2. The summed E-state index contributed by atoms with van der Waals surface area (Å²) in [6.45, 7) is 3.57. The summed E-state index contributed by atoms with van der Waals surface area (Å²) < 4.78 is 11.2. The van der Waals surface area contributed by atoms with Gasteiger partial charge >= 0.3 is 0 Å². The number of fused-ring (bicyclic) bond motifs is 1. The highest BCUT2D eigenvalue weighted by molar-refractivity contribution is 5.45. The molecule has 1 unspecified atom stereocenters. The van der Waals surface area contributed by atoms with Crippen LogP contribution in [-0.2, 0) is 0 Å². The third-order valence-corrected chi connectivity index (χ3v) is 4.42. The van der Waals surface area contributed by atoms with Crippen molar-refractivity contribution in [3.63, 3.8) is 0 Å². The van der Waals surface area contributed by atoms with E-state index in [2.05, 4.69) is 19.1 Å². The Morgan fingerprint density at radius 1 is 1.11 bits per heavy atom. The molecule has 2 N–H and O–H groups in total. The fourth-order valence-electron chi connectivity index (χ4n) is 3.15. The Morgan fingerprint density at radius 2 is 1.78 bits per heavy atom. The smallest absolute Gasteiger partial charge is 0.161 e. The zero-order valence-electron chi connectivity index (χ0n) is 10.9. The Hall–Kier alpha value is -1.22. The average Bonchev–Trinajstić information content (AvgIpc) is 2.85. The van der Waals surface area contributed by atoms with Crippen LogP contribution in [0.2, 0.25) is 0 Å². The van der Waals surface area contributed by atoms with E-state index in [1.807, 2.05) is 6.07 Å². The molecule has 1 aromatic carbocycles. The molecule has 0 amide bonds. The predicted molar refractivity (Wildman–Crippen MR) is 70.9 cm³/mol. The van der Waals surface area contributed by atoms with Gasteiger partial charge in [0.1, 0.15) is 13.2 Å². The molecule has 3 heteroatoms. The van der Waals surface area contributed by atoms with Gasteiger partial charge in [-0.2, -0.15) is 0 Å². The van der Waals surface area contributed by atoms with E-state index in [0.29, 0.717) is 13.2 Å². The van der Waals surface area contributed by atoms with Crippen molar-refractivity contribution in [2.24, 2.45) is 11.1 Å². The van der Waals surface area contributed by atoms with Crippen LogP contribution in [0.5, 0.6) is 11.5 Å². The van der Waals surface area contributed by atoms with Crippen LogP contribution in [-0.4, -0.2) is 13.2 Å². The molecule has 1 aliphatic carbocycles. The van der Waals surface area contributed by atoms with Gasteiger partial charge in [0, 0.05) is 6.04 Å². The van der Waals surface area contributed by atoms with Crippen LogP contribution in [0.4, 0.5) is 0 Å². The van der Waals surface area contributed by atoms with E-state index in [9.17, 15) is 0 Å². The van der Waals surface area contributed by atoms with Crippen LogP contribution < -0.4 is 15.2 Å². The number of nitrogens with two attached hydrogens (primary N) is 1. The Morgan fingerprint density at radius 3 is 2.50 bits per heavy atom. The molecule has 3 nitrogen and oxygen atoms in total. The molecule has 1 heterocycles. The molecule has 1 saturated carbocycles. The molecule has 0 bridgehead atoms. The molecule has 18 heavy (non-hydrogen) atoms. The molecule has 1 fully saturated rings. The average molecular weight is 247 g/mol. The van der Waals surface area contributed by atoms with Crippen LogP contribution in [0.25, 0.3) is 0 Å². The first kappa shape index (κ1) is 11.8. The molecular weight excluding hydrogens is 226 g/mol. The van der Waals surface area contributed by atoms with Crippen molar-refractivity contribution < 1.29 is 9.47 Å². The van der Waals surface area contributed by atoms with Gasteiger partial charge < -0.3 is 15.2 Å². The lowest BCUT2D eigenvalue weighted by Crippen LogP contribution is -2.29. The minimum atomic E-state index is 0.0934. The van der Waals surface area contributed by atoms with Crippen LogP contribution in [0, 0.1) is 5.41 Å². The van der Waals surface area contributed by atoms with Crippen LogP contribution >= 0.6 is 0 Å². The van der Waals surface area contributed by atoms with Crippen molar-refractivity contribution in [3.05, 3.63) is 23.8 Å². The molecule has 0 saturated heterocycles. The van der Waals surface area contributed by atoms with Gasteiger partial charge in [0.05, 0.1) is 0 Å². The number of rotatable bonds is 2. The van der Waals surface area contributed by atoms with Crippen molar-refractivity contribution in [2.45, 2.75) is 38.6 Å². The lowest BCUT2D eigenvalue weighted by atomic mass is 9.78. The maximum absolute atomic E-state index is 6.47. The summed E-state index contributed by atoms with van der Waals surface area (Å²) in [5.41, 5.74) is 7.88. The van der Waals surface area contributed by atoms with Crippen LogP contribution in [0.3, 0.4) is 0 Å². The fourth-order valence-corrected chi connectivity index (χ4v) is 3.15. The highest BCUT2D eigenvalue weighted by Crippen LogP contribution is 2.47. The van der Waals surface area contributed by atoms with E-state index in [1.54, 1.807) is 0 Å². The lowest BCUT2D eigenvalue weighted by Gasteiger charge is -2.32. The normalized spacial score (nSPS) is 22.8. The van der Waals surface area contributed by atoms with Crippen molar-refractivity contribution in [2.75, 3.05) is 13.2 Å². The van der Waals surface area contributed by atoms with E-state index in [-0.39, 0.29) is 11.5 Å². The third kappa shape index (κ3) is 1.97. The molecule has 1 atom stereocenters. The monoisotopic (exact) mass is 247 g/mol. The molecule has 1 aromatic rings. The third-order valence-electron chi connectivity index (χ3n) is 4.42. The highest BCUT2D eigenvalue weighted by atomic mass is 16.6. The van der Waals surface area contributed by atoms with Crippen molar-refractivity contribution in [1.82, 2.24) is 0 Å². The highest BCUT2D eigenvalue weighted by Gasteiger charge is 2.36. The zero-order chi connectivity index (χ0) is 12.6. The quantitative estimate of drug-likeness (QED) is 0.873. The number of ether oxygens (including phenoxy) is 2. The lowest BCUT2D eigenvalue weighted by molar-refractivity contribution is 0.170. The number of hydrogen-bond donors (Lipinski definition) is 1. The molecule has 0 aromatic heterocycles. The summed E-state index contributed by atoms with van der Waals surface area (Å²) in [6, 6.07) is 6.22. The molecule has 3 rings (SSSR count). The van der Waals surface area contributed by atoms with E-state index in [0.717, 1.165) is 11.5 Å². The van der Waals surface area contributed by atoms with Gasteiger partial charge in [-0.1, -0.05) is 25.8 Å². The topological polar surface area (TPSA) is 44.5 Å². The minimum Gasteiger partial charge on any atom is -0.486 e. The molecule has 98 valence electrons. The summed E-state index contributed by atoms with van der Waals surface area (Å²) in [7, 11) is 0. The first-order valence-electron chi connectivity index (χ1n) is 6.84. The van der Waals surface area contributed by atoms with E-state index >= 15 is 0 Å². The van der Waals surface area contributed by atoms with Gasteiger partial charge in [-0.05, 0) is 36.0 Å². The van der Waals surface area contributed by atoms with E-state index < -0.39 is 0 Å². The summed E-state index contributed by atoms with van der Waals surface area (Å²) in [6.07, 6.45) is 5.05. The van der Waals surface area contributed by atoms with Crippen molar-refractivity contribution in [1.29, 1.82) is 0 Å². The van der Waals surface area contributed by atoms with Crippen LogP contribution in [0.15, 0.2) is 18.2 Å². The Labute approximate surface area is 108 Å². The predicted octanol–water partition coefficient (Wildman–Crippen LogP) is 3.04. The Kier molecular flexibility index (Phi) is 2.94. The minimum absolute atomic E-state index is 0.0934. The number of benzene rings is 1. The largest absolute Gasteiger partial charge is 0.486 e. The van der Waals surface area contributed by atoms with Crippen molar-refractivity contribution >= 4 is 0 Å².